The van der Waals surface area contributed by atoms with E-state index in [4.69, 9.17) is 27.9 Å². The molecule has 0 aromatic heterocycles. The van der Waals surface area contributed by atoms with Crippen molar-refractivity contribution in [3.8, 4) is 0 Å². The Labute approximate surface area is 148 Å². The number of sulfonamides is 1. The first-order valence-electron chi connectivity index (χ1n) is 7.57. The van der Waals surface area contributed by atoms with Gasteiger partial charge in [0.25, 0.3) is 0 Å². The van der Waals surface area contributed by atoms with Gasteiger partial charge in [0.15, 0.2) is 0 Å². The van der Waals surface area contributed by atoms with Crippen molar-refractivity contribution in [2.75, 3.05) is 32.8 Å². The van der Waals surface area contributed by atoms with Crippen molar-refractivity contribution >= 4 is 33.2 Å². The Morgan fingerprint density at radius 2 is 1.74 bits per heavy atom. The van der Waals surface area contributed by atoms with Gasteiger partial charge in [0.05, 0.1) is 18.1 Å². The molecule has 0 aliphatic carbocycles. The highest BCUT2D eigenvalue weighted by atomic mass is 35.5. The largest absolute Gasteiger partial charge is 0.379 e. The normalized spacial score (nSPS) is 18.3. The highest BCUT2D eigenvalue weighted by Gasteiger charge is 2.26. The van der Waals surface area contributed by atoms with E-state index < -0.39 is 10.0 Å². The average molecular weight is 381 g/mol. The number of hydrogen-bond donors (Lipinski definition) is 1. The molecule has 1 unspecified atom stereocenters. The second-order valence-corrected chi connectivity index (χ2v) is 8.56. The first-order chi connectivity index (χ1) is 10.8. The van der Waals surface area contributed by atoms with Gasteiger partial charge in [0, 0.05) is 35.7 Å². The van der Waals surface area contributed by atoms with Gasteiger partial charge in [0.2, 0.25) is 10.0 Å². The molecular weight excluding hydrogens is 359 g/mol. The van der Waals surface area contributed by atoms with E-state index in [0.29, 0.717) is 35.7 Å². The van der Waals surface area contributed by atoms with Gasteiger partial charge in [-0.05, 0) is 24.1 Å². The number of halogens is 2. The summed E-state index contributed by atoms with van der Waals surface area (Å²) in [6.45, 7) is 7.50. The summed E-state index contributed by atoms with van der Waals surface area (Å²) < 4.78 is 33.0. The van der Waals surface area contributed by atoms with Crippen LogP contribution < -0.4 is 4.72 Å². The maximum absolute atomic E-state index is 12.5. The summed E-state index contributed by atoms with van der Waals surface area (Å²) >= 11 is 11.8. The summed E-state index contributed by atoms with van der Waals surface area (Å²) in [5.41, 5.74) is 0. The maximum Gasteiger partial charge on any atom is 0.240 e. The Morgan fingerprint density at radius 1 is 1.17 bits per heavy atom. The number of nitrogens with one attached hydrogen (secondary N) is 1. The van der Waals surface area contributed by atoms with Gasteiger partial charge in [-0.25, -0.2) is 13.1 Å². The van der Waals surface area contributed by atoms with Gasteiger partial charge >= 0.3 is 0 Å². The van der Waals surface area contributed by atoms with E-state index in [1.807, 2.05) is 0 Å². The topological polar surface area (TPSA) is 58.6 Å². The van der Waals surface area contributed by atoms with Crippen molar-refractivity contribution in [2.24, 2.45) is 5.92 Å². The van der Waals surface area contributed by atoms with Gasteiger partial charge in [-0.2, -0.15) is 0 Å². The second kappa shape index (κ2) is 8.14. The van der Waals surface area contributed by atoms with Crippen LogP contribution in [0.3, 0.4) is 0 Å². The van der Waals surface area contributed by atoms with Crippen LogP contribution >= 0.6 is 23.2 Å². The van der Waals surface area contributed by atoms with E-state index >= 15 is 0 Å². The SMILES string of the molecule is CC(C)C(CNS(=O)(=O)c1cc(Cl)cc(Cl)c1)N1CCOCC1. The molecule has 1 aliphatic rings. The third kappa shape index (κ3) is 5.31. The highest BCUT2D eigenvalue weighted by Crippen LogP contribution is 2.22. The van der Waals surface area contributed by atoms with Crippen LogP contribution in [0.2, 0.25) is 10.0 Å². The van der Waals surface area contributed by atoms with E-state index in [1.54, 1.807) is 0 Å². The Balaban J connectivity index is 2.09. The minimum absolute atomic E-state index is 0.0829. The van der Waals surface area contributed by atoms with Crippen LogP contribution in [-0.2, 0) is 14.8 Å². The molecule has 5 nitrogen and oxygen atoms in total. The van der Waals surface area contributed by atoms with E-state index in [-0.39, 0.29) is 10.9 Å². The van der Waals surface area contributed by atoms with Crippen molar-refractivity contribution in [3.05, 3.63) is 28.2 Å². The number of nitrogens with zero attached hydrogens (tertiary/aromatic N) is 1. The van der Waals surface area contributed by atoms with Crippen molar-refractivity contribution < 1.29 is 13.2 Å². The smallest absolute Gasteiger partial charge is 0.240 e. The summed E-state index contributed by atoms with van der Waals surface area (Å²) in [6, 6.07) is 4.42. The van der Waals surface area contributed by atoms with E-state index in [9.17, 15) is 8.42 Å². The zero-order valence-corrected chi connectivity index (χ0v) is 15.6. The van der Waals surface area contributed by atoms with Crippen molar-refractivity contribution in [1.82, 2.24) is 9.62 Å². The predicted molar refractivity (Wildman–Crippen MR) is 92.7 cm³/mol. The quantitative estimate of drug-likeness (QED) is 0.823. The molecule has 0 radical (unpaired) electrons. The molecule has 0 spiro atoms. The first-order valence-corrected chi connectivity index (χ1v) is 9.81. The average Bonchev–Trinajstić information content (AvgIpc) is 2.47. The number of morpholine rings is 1. The minimum Gasteiger partial charge on any atom is -0.379 e. The lowest BCUT2D eigenvalue weighted by Crippen LogP contribution is -2.51. The first kappa shape index (κ1) is 19.0. The third-order valence-corrected chi connectivity index (χ3v) is 5.75. The maximum atomic E-state index is 12.5. The minimum atomic E-state index is -3.65. The molecule has 1 aromatic rings. The van der Waals surface area contributed by atoms with Gasteiger partial charge in [0.1, 0.15) is 0 Å². The van der Waals surface area contributed by atoms with Crippen LogP contribution in [0.5, 0.6) is 0 Å². The molecule has 130 valence electrons. The molecule has 1 heterocycles. The molecule has 1 atom stereocenters. The Hall–Kier alpha value is -0.370. The van der Waals surface area contributed by atoms with Gasteiger partial charge < -0.3 is 4.74 Å². The number of ether oxygens (including phenoxy) is 1. The van der Waals surface area contributed by atoms with Gasteiger partial charge in [-0.1, -0.05) is 37.0 Å². The lowest BCUT2D eigenvalue weighted by Gasteiger charge is -2.36. The fourth-order valence-corrected chi connectivity index (χ4v) is 4.43. The summed E-state index contributed by atoms with van der Waals surface area (Å²) in [7, 11) is -3.65. The molecule has 1 aromatic carbocycles. The van der Waals surface area contributed by atoms with Crippen LogP contribution in [0.25, 0.3) is 0 Å². The fraction of sp³-hybridized carbons (Fsp3) is 0.600. The van der Waals surface area contributed by atoms with Crippen molar-refractivity contribution in [3.63, 3.8) is 0 Å². The predicted octanol–water partition coefficient (Wildman–Crippen LogP) is 2.63. The van der Waals surface area contributed by atoms with E-state index in [0.717, 1.165) is 13.1 Å². The van der Waals surface area contributed by atoms with Gasteiger partial charge in [-0.3, -0.25) is 4.90 Å². The zero-order chi connectivity index (χ0) is 17.0. The fourth-order valence-electron chi connectivity index (χ4n) is 2.66. The van der Waals surface area contributed by atoms with E-state index in [1.165, 1.54) is 18.2 Å². The molecule has 0 bridgehead atoms. The van der Waals surface area contributed by atoms with Crippen LogP contribution in [0.1, 0.15) is 13.8 Å². The molecule has 8 heteroatoms. The molecule has 1 aliphatic heterocycles. The molecule has 2 rings (SSSR count). The zero-order valence-electron chi connectivity index (χ0n) is 13.3. The Bertz CT molecular complexity index is 611. The molecule has 0 amide bonds. The summed E-state index contributed by atoms with van der Waals surface area (Å²) in [4.78, 5) is 2.35. The van der Waals surface area contributed by atoms with Crippen LogP contribution in [0.15, 0.2) is 23.1 Å². The molecular formula is C15H22Cl2N2O3S. The molecule has 1 N–H and O–H groups in total. The van der Waals surface area contributed by atoms with Crippen molar-refractivity contribution in [2.45, 2.75) is 24.8 Å². The summed E-state index contributed by atoms with van der Waals surface area (Å²) in [6.07, 6.45) is 0. The number of hydrogen-bond acceptors (Lipinski definition) is 4. The van der Waals surface area contributed by atoms with Crippen LogP contribution in [0, 0.1) is 5.92 Å². The Morgan fingerprint density at radius 3 is 2.26 bits per heavy atom. The lowest BCUT2D eigenvalue weighted by atomic mass is 10.0. The second-order valence-electron chi connectivity index (χ2n) is 5.92. The standard InChI is InChI=1S/C15H22Cl2N2O3S/c1-11(2)15(19-3-5-22-6-4-19)10-18-23(20,21)14-8-12(16)7-13(17)9-14/h7-9,11,15,18H,3-6,10H2,1-2H3. The molecule has 23 heavy (non-hydrogen) atoms. The number of rotatable bonds is 6. The molecule has 0 saturated carbocycles. The summed E-state index contributed by atoms with van der Waals surface area (Å²) in [5.74, 6) is 0.318. The molecule has 1 saturated heterocycles. The van der Waals surface area contributed by atoms with Crippen LogP contribution in [0.4, 0.5) is 0 Å². The van der Waals surface area contributed by atoms with E-state index in [2.05, 4.69) is 23.5 Å². The highest BCUT2D eigenvalue weighted by molar-refractivity contribution is 7.89. The third-order valence-electron chi connectivity index (χ3n) is 3.91. The molecule has 1 fully saturated rings. The van der Waals surface area contributed by atoms with Crippen molar-refractivity contribution in [1.29, 1.82) is 0 Å². The van der Waals surface area contributed by atoms with Crippen LogP contribution in [-0.4, -0.2) is 52.2 Å². The van der Waals surface area contributed by atoms with Gasteiger partial charge in [-0.15, -0.1) is 0 Å². The monoisotopic (exact) mass is 380 g/mol. The number of benzene rings is 1. The Kier molecular flexibility index (Phi) is 6.71. The summed E-state index contributed by atoms with van der Waals surface area (Å²) in [5, 5.41) is 0.595. The lowest BCUT2D eigenvalue weighted by molar-refractivity contribution is 0.00776.